The normalized spacial score (nSPS) is 10.6. The molecule has 1 amide bonds. The summed E-state index contributed by atoms with van der Waals surface area (Å²) >= 11 is 0. The maximum Gasteiger partial charge on any atom is 0.336 e. The van der Waals surface area contributed by atoms with Gasteiger partial charge in [-0.05, 0) is 49.8 Å². The average Bonchev–Trinajstić information content (AvgIpc) is 3.18. The Morgan fingerprint density at radius 2 is 2.04 bits per heavy atom. The zero-order valence-electron chi connectivity index (χ0n) is 15.8. The summed E-state index contributed by atoms with van der Waals surface area (Å²) in [6, 6.07) is 10.0. The van der Waals surface area contributed by atoms with Gasteiger partial charge in [0.1, 0.15) is 17.4 Å². The summed E-state index contributed by atoms with van der Waals surface area (Å²) in [5.41, 5.74) is 1.27. The van der Waals surface area contributed by atoms with E-state index in [1.165, 1.54) is 31.6 Å². The highest BCUT2D eigenvalue weighted by Gasteiger charge is 2.12. The van der Waals surface area contributed by atoms with E-state index in [0.717, 1.165) is 5.57 Å². The van der Waals surface area contributed by atoms with Crippen molar-refractivity contribution in [3.8, 4) is 17.6 Å². The maximum absolute atomic E-state index is 12.2. The average molecular weight is 380 g/mol. The summed E-state index contributed by atoms with van der Waals surface area (Å²) in [4.78, 5) is 24.0. The predicted molar refractivity (Wildman–Crippen MR) is 102 cm³/mol. The van der Waals surface area contributed by atoms with Crippen LogP contribution in [0.15, 0.2) is 58.2 Å². The zero-order valence-corrected chi connectivity index (χ0v) is 15.8. The number of rotatable bonds is 7. The summed E-state index contributed by atoms with van der Waals surface area (Å²) in [6.07, 6.45) is 4.28. The second kappa shape index (κ2) is 9.78. The number of methoxy groups -OCH3 is 1. The first kappa shape index (κ1) is 20.5. The lowest BCUT2D eigenvalue weighted by Gasteiger charge is -2.09. The SMILES string of the molecule is COc1cc(/C=C(\C#N)C(=O)NCc2ccco2)ccc1OC(=O)C=C(C)C. The monoisotopic (exact) mass is 380 g/mol. The van der Waals surface area contributed by atoms with E-state index >= 15 is 0 Å². The Morgan fingerprint density at radius 3 is 2.64 bits per heavy atom. The molecule has 1 heterocycles. The number of esters is 1. The second-order valence-electron chi connectivity index (χ2n) is 5.98. The van der Waals surface area contributed by atoms with Crippen LogP contribution in [0.5, 0.6) is 11.5 Å². The molecular formula is C21H20N2O5. The van der Waals surface area contributed by atoms with Gasteiger partial charge in [0.25, 0.3) is 5.91 Å². The highest BCUT2D eigenvalue weighted by Crippen LogP contribution is 2.29. The Balaban J connectivity index is 2.16. The summed E-state index contributed by atoms with van der Waals surface area (Å²) in [5, 5.41) is 11.9. The standard InChI is InChI=1S/C21H20N2O5/c1-14(2)9-20(24)28-18-7-6-15(11-19(18)26-3)10-16(12-22)21(25)23-13-17-5-4-8-27-17/h4-11H,13H2,1-3H3,(H,23,25)/b16-10+. The summed E-state index contributed by atoms with van der Waals surface area (Å²) in [6.45, 7) is 3.74. The van der Waals surface area contributed by atoms with Crippen molar-refractivity contribution in [2.75, 3.05) is 7.11 Å². The van der Waals surface area contributed by atoms with E-state index in [0.29, 0.717) is 17.1 Å². The molecule has 7 nitrogen and oxygen atoms in total. The van der Waals surface area contributed by atoms with Gasteiger partial charge in [0.2, 0.25) is 0 Å². The molecule has 0 aliphatic carbocycles. The predicted octanol–water partition coefficient (Wildman–Crippen LogP) is 3.38. The van der Waals surface area contributed by atoms with Crippen molar-refractivity contribution in [3.63, 3.8) is 0 Å². The van der Waals surface area contributed by atoms with Gasteiger partial charge >= 0.3 is 5.97 Å². The van der Waals surface area contributed by atoms with Crippen LogP contribution in [-0.4, -0.2) is 19.0 Å². The topological polar surface area (TPSA) is 102 Å². The molecule has 0 fully saturated rings. The Bertz CT molecular complexity index is 946. The number of nitrogens with zero attached hydrogens (tertiary/aromatic N) is 1. The number of carbonyl (C=O) groups is 2. The highest BCUT2D eigenvalue weighted by atomic mass is 16.6. The van der Waals surface area contributed by atoms with E-state index < -0.39 is 11.9 Å². The lowest BCUT2D eigenvalue weighted by atomic mass is 10.1. The fourth-order valence-corrected chi connectivity index (χ4v) is 2.22. The van der Waals surface area contributed by atoms with Gasteiger partial charge < -0.3 is 19.2 Å². The molecule has 0 saturated heterocycles. The number of benzene rings is 1. The van der Waals surface area contributed by atoms with Gasteiger partial charge in [-0.25, -0.2) is 4.79 Å². The molecule has 28 heavy (non-hydrogen) atoms. The molecule has 1 aromatic heterocycles. The van der Waals surface area contributed by atoms with Gasteiger partial charge in [0.05, 0.1) is 19.9 Å². The summed E-state index contributed by atoms with van der Waals surface area (Å²) in [7, 11) is 1.43. The minimum absolute atomic E-state index is 0.0807. The number of carbonyl (C=O) groups excluding carboxylic acids is 2. The largest absolute Gasteiger partial charge is 0.493 e. The highest BCUT2D eigenvalue weighted by molar-refractivity contribution is 6.01. The molecule has 2 aromatic rings. The number of allylic oxidation sites excluding steroid dienone is 1. The Morgan fingerprint density at radius 1 is 1.25 bits per heavy atom. The van der Waals surface area contributed by atoms with Gasteiger partial charge in [-0.2, -0.15) is 5.26 Å². The first-order chi connectivity index (χ1) is 13.4. The lowest BCUT2D eigenvalue weighted by Crippen LogP contribution is -2.23. The third-order valence-corrected chi connectivity index (χ3v) is 3.48. The fraction of sp³-hybridized carbons (Fsp3) is 0.190. The number of hydrogen-bond acceptors (Lipinski definition) is 6. The lowest BCUT2D eigenvalue weighted by molar-refractivity contribution is -0.129. The minimum atomic E-state index is -0.531. The van der Waals surface area contributed by atoms with Crippen LogP contribution in [0.2, 0.25) is 0 Å². The van der Waals surface area contributed by atoms with Crippen LogP contribution in [0, 0.1) is 11.3 Å². The molecule has 0 spiro atoms. The molecule has 2 rings (SSSR count). The molecule has 0 atom stereocenters. The van der Waals surface area contributed by atoms with Gasteiger partial charge in [-0.1, -0.05) is 11.6 Å². The van der Waals surface area contributed by atoms with E-state index in [4.69, 9.17) is 13.9 Å². The number of ether oxygens (including phenoxy) is 2. The molecule has 0 aliphatic rings. The van der Waals surface area contributed by atoms with Crippen LogP contribution in [-0.2, 0) is 16.1 Å². The minimum Gasteiger partial charge on any atom is -0.493 e. The number of amides is 1. The third kappa shape index (κ3) is 5.88. The smallest absolute Gasteiger partial charge is 0.336 e. The molecule has 1 N–H and O–H groups in total. The first-order valence-corrected chi connectivity index (χ1v) is 8.40. The molecule has 0 aliphatic heterocycles. The van der Waals surface area contributed by atoms with Crippen LogP contribution in [0.25, 0.3) is 6.08 Å². The molecule has 144 valence electrons. The molecule has 7 heteroatoms. The van der Waals surface area contributed by atoms with Gasteiger partial charge in [0, 0.05) is 6.08 Å². The summed E-state index contributed by atoms with van der Waals surface area (Å²) in [5.74, 6) is 0.0730. The molecule has 1 aromatic carbocycles. The zero-order chi connectivity index (χ0) is 20.5. The van der Waals surface area contributed by atoms with Crippen LogP contribution in [0.1, 0.15) is 25.2 Å². The van der Waals surface area contributed by atoms with Crippen molar-refractivity contribution in [2.45, 2.75) is 20.4 Å². The van der Waals surface area contributed by atoms with Gasteiger partial charge in [0.15, 0.2) is 11.5 Å². The fourth-order valence-electron chi connectivity index (χ4n) is 2.22. The molecule has 0 radical (unpaired) electrons. The Kier molecular flexibility index (Phi) is 7.17. The van der Waals surface area contributed by atoms with Crippen molar-refractivity contribution in [3.05, 3.63) is 65.1 Å². The maximum atomic E-state index is 12.2. The second-order valence-corrected chi connectivity index (χ2v) is 5.98. The van der Waals surface area contributed by atoms with E-state index in [-0.39, 0.29) is 17.9 Å². The Labute approximate surface area is 162 Å². The van der Waals surface area contributed by atoms with Crippen molar-refractivity contribution in [1.82, 2.24) is 5.32 Å². The van der Waals surface area contributed by atoms with E-state index in [2.05, 4.69) is 5.32 Å². The van der Waals surface area contributed by atoms with E-state index in [1.54, 1.807) is 38.1 Å². The molecule has 0 saturated carbocycles. The van der Waals surface area contributed by atoms with Crippen LogP contribution in [0.4, 0.5) is 0 Å². The number of nitriles is 1. The van der Waals surface area contributed by atoms with Crippen molar-refractivity contribution < 1.29 is 23.5 Å². The number of hydrogen-bond donors (Lipinski definition) is 1. The third-order valence-electron chi connectivity index (χ3n) is 3.48. The van der Waals surface area contributed by atoms with Crippen molar-refractivity contribution >= 4 is 18.0 Å². The van der Waals surface area contributed by atoms with Crippen LogP contribution >= 0.6 is 0 Å². The summed E-state index contributed by atoms with van der Waals surface area (Å²) < 4.78 is 15.6. The number of nitrogens with one attached hydrogen (secondary N) is 1. The first-order valence-electron chi connectivity index (χ1n) is 8.40. The van der Waals surface area contributed by atoms with Gasteiger partial charge in [-0.15, -0.1) is 0 Å². The molecular weight excluding hydrogens is 360 g/mol. The Hall–Kier alpha value is -3.79. The van der Waals surface area contributed by atoms with Crippen LogP contribution in [0.3, 0.4) is 0 Å². The van der Waals surface area contributed by atoms with Crippen molar-refractivity contribution in [1.29, 1.82) is 5.26 Å². The molecule has 0 bridgehead atoms. The molecule has 0 unspecified atom stereocenters. The number of furan rings is 1. The van der Waals surface area contributed by atoms with E-state index in [1.807, 2.05) is 6.07 Å². The van der Waals surface area contributed by atoms with Gasteiger partial charge in [-0.3, -0.25) is 4.79 Å². The van der Waals surface area contributed by atoms with Crippen LogP contribution < -0.4 is 14.8 Å². The quantitative estimate of drug-likeness (QED) is 0.342. The van der Waals surface area contributed by atoms with E-state index in [9.17, 15) is 14.9 Å². The van der Waals surface area contributed by atoms with Crippen molar-refractivity contribution in [2.24, 2.45) is 0 Å².